The van der Waals surface area contributed by atoms with Crippen molar-refractivity contribution >= 4 is 22.6 Å². The van der Waals surface area contributed by atoms with Gasteiger partial charge in [0.25, 0.3) is 5.91 Å². The Labute approximate surface area is 154 Å². The zero-order valence-corrected chi connectivity index (χ0v) is 14.4. The fourth-order valence-corrected chi connectivity index (χ4v) is 2.98. The third-order valence-electron chi connectivity index (χ3n) is 4.36. The molecule has 4 nitrogen and oxygen atoms in total. The maximum absolute atomic E-state index is 13.7. The summed E-state index contributed by atoms with van der Waals surface area (Å²) in [6.07, 6.45) is 0. The molecule has 1 N–H and O–H groups in total. The number of nitrogens with one attached hydrogen (secondary N) is 1. The second-order valence-electron chi connectivity index (χ2n) is 6.14. The van der Waals surface area contributed by atoms with Crippen molar-refractivity contribution in [2.24, 2.45) is 7.05 Å². The van der Waals surface area contributed by atoms with Crippen molar-refractivity contribution in [3.05, 3.63) is 83.9 Å². The number of carbonyl (C=O) groups excluding carboxylic acids is 1. The Hall–Kier alpha value is -3.54. The number of aromatic nitrogens is 2. The summed E-state index contributed by atoms with van der Waals surface area (Å²) in [5, 5.41) is 2.57. The van der Waals surface area contributed by atoms with E-state index in [0.717, 1.165) is 40.6 Å². The molecule has 0 saturated heterocycles. The van der Waals surface area contributed by atoms with Gasteiger partial charge in [-0.25, -0.2) is 13.8 Å². The monoisotopic (exact) mass is 363 g/mol. The number of aryl methyl sites for hydroxylation is 1. The van der Waals surface area contributed by atoms with Gasteiger partial charge in [0.1, 0.15) is 17.5 Å². The molecule has 0 aliphatic heterocycles. The lowest BCUT2D eigenvalue weighted by Crippen LogP contribution is -2.14. The molecule has 0 aliphatic carbocycles. The van der Waals surface area contributed by atoms with Crippen molar-refractivity contribution in [3.8, 4) is 11.4 Å². The summed E-state index contributed by atoms with van der Waals surface area (Å²) >= 11 is 0. The van der Waals surface area contributed by atoms with Gasteiger partial charge in [-0.2, -0.15) is 0 Å². The highest BCUT2D eigenvalue weighted by Crippen LogP contribution is 2.25. The molecule has 134 valence electrons. The van der Waals surface area contributed by atoms with Crippen molar-refractivity contribution in [2.75, 3.05) is 5.32 Å². The summed E-state index contributed by atoms with van der Waals surface area (Å²) < 4.78 is 29.0. The Bertz CT molecular complexity index is 1150. The van der Waals surface area contributed by atoms with E-state index in [0.29, 0.717) is 5.69 Å². The minimum Gasteiger partial charge on any atom is -0.327 e. The number of nitrogens with zero attached hydrogens (tertiary/aromatic N) is 2. The quantitative estimate of drug-likeness (QED) is 0.570. The molecule has 4 rings (SSSR count). The lowest BCUT2D eigenvalue weighted by molar-refractivity contribution is 0.102. The zero-order valence-electron chi connectivity index (χ0n) is 14.4. The molecule has 1 aromatic heterocycles. The van der Waals surface area contributed by atoms with Gasteiger partial charge < -0.3 is 9.88 Å². The maximum atomic E-state index is 13.7. The third-order valence-corrected chi connectivity index (χ3v) is 4.36. The van der Waals surface area contributed by atoms with E-state index in [4.69, 9.17) is 0 Å². The molecule has 1 amide bonds. The summed E-state index contributed by atoms with van der Waals surface area (Å²) in [5.74, 6) is -1.35. The number of halogens is 2. The Morgan fingerprint density at radius 3 is 2.48 bits per heavy atom. The highest BCUT2D eigenvalue weighted by atomic mass is 19.1. The van der Waals surface area contributed by atoms with Crippen LogP contribution in [0.3, 0.4) is 0 Å². The molecule has 1 heterocycles. The average Bonchev–Trinajstić information content (AvgIpc) is 3.01. The van der Waals surface area contributed by atoms with Gasteiger partial charge in [0, 0.05) is 18.3 Å². The van der Waals surface area contributed by atoms with Crippen molar-refractivity contribution in [2.45, 2.75) is 0 Å². The Morgan fingerprint density at radius 2 is 1.74 bits per heavy atom. The van der Waals surface area contributed by atoms with Gasteiger partial charge in [-0.1, -0.05) is 12.1 Å². The van der Waals surface area contributed by atoms with Gasteiger partial charge in [0.15, 0.2) is 0 Å². The second-order valence-corrected chi connectivity index (χ2v) is 6.14. The predicted molar refractivity (Wildman–Crippen MR) is 100 cm³/mol. The van der Waals surface area contributed by atoms with E-state index in [2.05, 4.69) is 10.3 Å². The largest absolute Gasteiger partial charge is 0.327 e. The van der Waals surface area contributed by atoms with E-state index < -0.39 is 17.5 Å². The van der Waals surface area contributed by atoms with E-state index in [-0.39, 0.29) is 5.56 Å². The lowest BCUT2D eigenvalue weighted by Gasteiger charge is -2.08. The van der Waals surface area contributed by atoms with Crippen LogP contribution in [0.25, 0.3) is 22.4 Å². The molecule has 0 unspecified atom stereocenters. The Kier molecular flexibility index (Phi) is 4.16. The van der Waals surface area contributed by atoms with Crippen LogP contribution in [0, 0.1) is 11.6 Å². The van der Waals surface area contributed by atoms with Crippen LogP contribution in [0.1, 0.15) is 10.4 Å². The summed E-state index contributed by atoms with van der Waals surface area (Å²) in [6, 6.07) is 17.6. The number of amides is 1. The molecule has 0 aliphatic rings. The maximum Gasteiger partial charge on any atom is 0.258 e. The van der Waals surface area contributed by atoms with Crippen molar-refractivity contribution in [1.82, 2.24) is 9.55 Å². The number of imidazole rings is 1. The zero-order chi connectivity index (χ0) is 19.0. The van der Waals surface area contributed by atoms with E-state index in [1.54, 1.807) is 12.1 Å². The first-order valence-corrected chi connectivity index (χ1v) is 8.31. The average molecular weight is 363 g/mol. The SMILES string of the molecule is Cn1c(-c2ccc(NC(=O)c3cc(F)ccc3F)cc2)nc2ccccc21. The predicted octanol–water partition coefficient (Wildman–Crippen LogP) is 4.77. The van der Waals surface area contributed by atoms with Gasteiger partial charge in [0.2, 0.25) is 0 Å². The van der Waals surface area contributed by atoms with Crippen LogP contribution in [-0.4, -0.2) is 15.5 Å². The van der Waals surface area contributed by atoms with Crippen LogP contribution in [-0.2, 0) is 7.05 Å². The molecular weight excluding hydrogens is 348 g/mol. The molecule has 4 aromatic rings. The molecule has 6 heteroatoms. The lowest BCUT2D eigenvalue weighted by atomic mass is 10.1. The van der Waals surface area contributed by atoms with E-state index in [1.807, 2.05) is 48.0 Å². The first-order valence-electron chi connectivity index (χ1n) is 8.31. The molecule has 0 bridgehead atoms. The van der Waals surface area contributed by atoms with E-state index in [9.17, 15) is 13.6 Å². The van der Waals surface area contributed by atoms with Gasteiger partial charge in [-0.05, 0) is 54.6 Å². The molecule has 27 heavy (non-hydrogen) atoms. The van der Waals surface area contributed by atoms with Crippen molar-refractivity contribution in [3.63, 3.8) is 0 Å². The Morgan fingerprint density at radius 1 is 1.00 bits per heavy atom. The number of para-hydroxylation sites is 2. The van der Waals surface area contributed by atoms with Crippen molar-refractivity contribution in [1.29, 1.82) is 0 Å². The van der Waals surface area contributed by atoms with Gasteiger partial charge in [-0.15, -0.1) is 0 Å². The third kappa shape index (κ3) is 3.17. The van der Waals surface area contributed by atoms with Crippen molar-refractivity contribution < 1.29 is 13.6 Å². The summed E-state index contributed by atoms with van der Waals surface area (Å²) in [5.41, 5.74) is 2.93. The molecular formula is C21H15F2N3O. The highest BCUT2D eigenvalue weighted by Gasteiger charge is 2.14. The van der Waals surface area contributed by atoms with Crippen LogP contribution >= 0.6 is 0 Å². The molecule has 0 radical (unpaired) electrons. The molecule has 0 spiro atoms. The number of fused-ring (bicyclic) bond motifs is 1. The number of carbonyl (C=O) groups is 1. The topological polar surface area (TPSA) is 46.9 Å². The number of rotatable bonds is 3. The fraction of sp³-hybridized carbons (Fsp3) is 0.0476. The first-order chi connectivity index (χ1) is 13.0. The second kappa shape index (κ2) is 6.64. The fourth-order valence-electron chi connectivity index (χ4n) is 2.98. The summed E-state index contributed by atoms with van der Waals surface area (Å²) in [6.45, 7) is 0. The minimum atomic E-state index is -0.773. The van der Waals surface area contributed by atoms with Crippen LogP contribution < -0.4 is 5.32 Å². The van der Waals surface area contributed by atoms with Crippen LogP contribution in [0.2, 0.25) is 0 Å². The number of benzene rings is 3. The van der Waals surface area contributed by atoms with Gasteiger partial charge in [-0.3, -0.25) is 4.79 Å². The van der Waals surface area contributed by atoms with Gasteiger partial charge in [0.05, 0.1) is 16.6 Å². The summed E-state index contributed by atoms with van der Waals surface area (Å²) in [7, 11) is 1.94. The van der Waals surface area contributed by atoms with E-state index >= 15 is 0 Å². The van der Waals surface area contributed by atoms with E-state index in [1.165, 1.54) is 0 Å². The smallest absolute Gasteiger partial charge is 0.258 e. The van der Waals surface area contributed by atoms with Gasteiger partial charge >= 0.3 is 0 Å². The van der Waals surface area contributed by atoms with Crippen LogP contribution in [0.4, 0.5) is 14.5 Å². The first kappa shape index (κ1) is 16.9. The molecule has 0 saturated carbocycles. The molecule has 3 aromatic carbocycles. The minimum absolute atomic E-state index is 0.338. The molecule has 0 atom stereocenters. The van der Waals surface area contributed by atoms with Crippen LogP contribution in [0.5, 0.6) is 0 Å². The Balaban J connectivity index is 1.59. The number of anilines is 1. The number of hydrogen-bond acceptors (Lipinski definition) is 2. The summed E-state index contributed by atoms with van der Waals surface area (Å²) in [4.78, 5) is 16.8. The molecule has 0 fully saturated rings. The standard InChI is InChI=1S/C21H15F2N3O/c1-26-19-5-3-2-4-18(19)25-20(26)13-6-9-15(10-7-13)24-21(27)16-12-14(22)8-11-17(16)23/h2-12H,1H3,(H,24,27). The number of hydrogen-bond donors (Lipinski definition) is 1. The normalized spacial score (nSPS) is 10.9. The van der Waals surface area contributed by atoms with Crippen LogP contribution in [0.15, 0.2) is 66.7 Å². The highest BCUT2D eigenvalue weighted by molar-refractivity contribution is 6.04.